The first kappa shape index (κ1) is 16.4. The monoisotopic (exact) mass is 289 g/mol. The second-order valence-corrected chi connectivity index (χ2v) is 6.55. The normalized spacial score (nSPS) is 17.9. The largest absolute Gasteiger partial charge is 0.491 e. The van der Waals surface area contributed by atoms with Gasteiger partial charge < -0.3 is 10.1 Å². The van der Waals surface area contributed by atoms with Gasteiger partial charge >= 0.3 is 0 Å². The summed E-state index contributed by atoms with van der Waals surface area (Å²) in [5.41, 5.74) is 1.33. The summed E-state index contributed by atoms with van der Waals surface area (Å²) in [6, 6.07) is 8.97. The molecule has 2 heteroatoms. The van der Waals surface area contributed by atoms with Gasteiger partial charge in [-0.25, -0.2) is 0 Å². The van der Waals surface area contributed by atoms with Gasteiger partial charge in [0.2, 0.25) is 0 Å². The van der Waals surface area contributed by atoms with Gasteiger partial charge in [-0.15, -0.1) is 0 Å². The fourth-order valence-corrected chi connectivity index (χ4v) is 3.45. The first-order valence-corrected chi connectivity index (χ1v) is 8.69. The minimum atomic E-state index is 0.225. The molecule has 0 aliphatic heterocycles. The van der Waals surface area contributed by atoms with Crippen LogP contribution in [0.25, 0.3) is 0 Å². The number of nitrogens with one attached hydrogen (secondary N) is 1. The molecule has 0 saturated heterocycles. The summed E-state index contributed by atoms with van der Waals surface area (Å²) in [6.07, 6.45) is 8.51. The van der Waals surface area contributed by atoms with Crippen LogP contribution in [-0.2, 0) is 0 Å². The molecule has 0 amide bonds. The van der Waals surface area contributed by atoms with Crippen LogP contribution in [0.15, 0.2) is 24.3 Å². The lowest BCUT2D eigenvalue weighted by molar-refractivity contribution is 0.234. The van der Waals surface area contributed by atoms with Crippen molar-refractivity contribution in [3.8, 4) is 5.75 Å². The number of rotatable bonds is 7. The molecule has 1 fully saturated rings. The molecular weight excluding hydrogens is 258 g/mol. The molecule has 0 aromatic heterocycles. The average Bonchev–Trinajstić information content (AvgIpc) is 2.48. The van der Waals surface area contributed by atoms with E-state index >= 15 is 0 Å². The third-order valence-electron chi connectivity index (χ3n) is 4.40. The van der Waals surface area contributed by atoms with Gasteiger partial charge in [0, 0.05) is 11.6 Å². The van der Waals surface area contributed by atoms with Gasteiger partial charge in [-0.2, -0.15) is 0 Å². The standard InChI is InChI=1S/C19H31NO/c1-4-20-18(14-16-10-6-5-7-11-16)17-12-8-9-13-19(17)21-15(2)3/h8-9,12-13,15-16,18,20H,4-7,10-11,14H2,1-3H3. The lowest BCUT2D eigenvalue weighted by Crippen LogP contribution is -2.25. The molecule has 21 heavy (non-hydrogen) atoms. The van der Waals surface area contributed by atoms with Crippen LogP contribution in [0.5, 0.6) is 5.75 Å². The second-order valence-electron chi connectivity index (χ2n) is 6.55. The van der Waals surface area contributed by atoms with E-state index in [1.807, 2.05) is 0 Å². The first-order valence-electron chi connectivity index (χ1n) is 8.69. The summed E-state index contributed by atoms with van der Waals surface area (Å²) in [6.45, 7) is 7.40. The molecule has 0 heterocycles. The summed E-state index contributed by atoms with van der Waals surface area (Å²) in [5, 5.41) is 3.68. The lowest BCUT2D eigenvalue weighted by Gasteiger charge is -2.28. The van der Waals surface area contributed by atoms with E-state index in [1.165, 1.54) is 44.1 Å². The number of hydrogen-bond acceptors (Lipinski definition) is 2. The molecule has 1 unspecified atom stereocenters. The van der Waals surface area contributed by atoms with E-state index in [2.05, 4.69) is 50.4 Å². The Morgan fingerprint density at radius 3 is 2.52 bits per heavy atom. The molecule has 0 bridgehead atoms. The van der Waals surface area contributed by atoms with Crippen molar-refractivity contribution in [2.75, 3.05) is 6.54 Å². The minimum Gasteiger partial charge on any atom is -0.491 e. The van der Waals surface area contributed by atoms with Crippen molar-refractivity contribution >= 4 is 0 Å². The van der Waals surface area contributed by atoms with E-state index < -0.39 is 0 Å². The number of ether oxygens (including phenoxy) is 1. The van der Waals surface area contributed by atoms with Gasteiger partial charge in [-0.3, -0.25) is 0 Å². The Bertz CT molecular complexity index is 410. The summed E-state index contributed by atoms with van der Waals surface area (Å²) in [7, 11) is 0. The van der Waals surface area contributed by atoms with Gasteiger partial charge in [-0.1, -0.05) is 57.2 Å². The Morgan fingerprint density at radius 1 is 1.14 bits per heavy atom. The van der Waals surface area contributed by atoms with Crippen molar-refractivity contribution in [3.05, 3.63) is 29.8 Å². The molecule has 1 aromatic carbocycles. The molecule has 1 saturated carbocycles. The molecular formula is C19H31NO. The van der Waals surface area contributed by atoms with E-state index in [-0.39, 0.29) is 6.10 Å². The van der Waals surface area contributed by atoms with Crippen LogP contribution in [0.1, 0.15) is 70.9 Å². The zero-order valence-electron chi connectivity index (χ0n) is 13.9. The van der Waals surface area contributed by atoms with E-state index in [4.69, 9.17) is 4.74 Å². The van der Waals surface area contributed by atoms with Crippen molar-refractivity contribution in [2.24, 2.45) is 5.92 Å². The molecule has 1 aliphatic carbocycles. The van der Waals surface area contributed by atoms with Crippen LogP contribution in [0, 0.1) is 5.92 Å². The van der Waals surface area contributed by atoms with Gasteiger partial charge in [0.05, 0.1) is 6.10 Å². The number of benzene rings is 1. The average molecular weight is 289 g/mol. The van der Waals surface area contributed by atoms with E-state index in [1.54, 1.807) is 0 Å². The molecule has 1 atom stereocenters. The van der Waals surface area contributed by atoms with Crippen molar-refractivity contribution < 1.29 is 4.74 Å². The number of hydrogen-bond donors (Lipinski definition) is 1. The Hall–Kier alpha value is -1.02. The fourth-order valence-electron chi connectivity index (χ4n) is 3.45. The smallest absolute Gasteiger partial charge is 0.124 e. The molecule has 1 aliphatic rings. The third kappa shape index (κ3) is 5.03. The molecule has 0 radical (unpaired) electrons. The predicted molar refractivity (Wildman–Crippen MR) is 89.8 cm³/mol. The van der Waals surface area contributed by atoms with Crippen LogP contribution >= 0.6 is 0 Å². The van der Waals surface area contributed by atoms with E-state index in [0.717, 1.165) is 18.2 Å². The van der Waals surface area contributed by atoms with Crippen molar-refractivity contribution in [1.82, 2.24) is 5.32 Å². The fraction of sp³-hybridized carbons (Fsp3) is 0.684. The van der Waals surface area contributed by atoms with Crippen LogP contribution in [0.4, 0.5) is 0 Å². The Balaban J connectivity index is 2.12. The van der Waals surface area contributed by atoms with Crippen LogP contribution < -0.4 is 10.1 Å². The SMILES string of the molecule is CCNC(CC1CCCCC1)c1ccccc1OC(C)C. The third-order valence-corrected chi connectivity index (χ3v) is 4.40. The molecule has 1 aromatic rings. The van der Waals surface area contributed by atoms with Crippen molar-refractivity contribution in [2.45, 2.75) is 71.4 Å². The van der Waals surface area contributed by atoms with E-state index in [9.17, 15) is 0 Å². The maximum absolute atomic E-state index is 6.02. The Kier molecular flexibility index (Phi) is 6.56. The van der Waals surface area contributed by atoms with Gasteiger partial charge in [0.1, 0.15) is 5.75 Å². The molecule has 2 nitrogen and oxygen atoms in total. The van der Waals surface area contributed by atoms with Crippen LogP contribution in [0.3, 0.4) is 0 Å². The summed E-state index contributed by atoms with van der Waals surface area (Å²) >= 11 is 0. The maximum atomic E-state index is 6.02. The summed E-state index contributed by atoms with van der Waals surface area (Å²) in [5.74, 6) is 1.92. The van der Waals surface area contributed by atoms with Gasteiger partial charge in [-0.05, 0) is 38.8 Å². The minimum absolute atomic E-state index is 0.225. The quantitative estimate of drug-likeness (QED) is 0.754. The molecule has 1 N–H and O–H groups in total. The zero-order chi connectivity index (χ0) is 15.1. The highest BCUT2D eigenvalue weighted by Gasteiger charge is 2.22. The van der Waals surface area contributed by atoms with Crippen molar-refractivity contribution in [1.29, 1.82) is 0 Å². The predicted octanol–water partition coefficient (Wildman–Crippen LogP) is 5.09. The van der Waals surface area contributed by atoms with Gasteiger partial charge in [0.15, 0.2) is 0 Å². The Labute approximate surface area is 130 Å². The summed E-state index contributed by atoms with van der Waals surface area (Å²) in [4.78, 5) is 0. The maximum Gasteiger partial charge on any atom is 0.124 e. The second kappa shape index (κ2) is 8.43. The van der Waals surface area contributed by atoms with E-state index in [0.29, 0.717) is 6.04 Å². The molecule has 0 spiro atoms. The van der Waals surface area contributed by atoms with Crippen LogP contribution in [0.2, 0.25) is 0 Å². The highest BCUT2D eigenvalue weighted by Crippen LogP contribution is 2.35. The Morgan fingerprint density at radius 2 is 1.86 bits per heavy atom. The lowest BCUT2D eigenvalue weighted by atomic mass is 9.83. The topological polar surface area (TPSA) is 21.3 Å². The zero-order valence-corrected chi connectivity index (χ0v) is 13.9. The highest BCUT2D eigenvalue weighted by atomic mass is 16.5. The number of para-hydroxylation sites is 1. The van der Waals surface area contributed by atoms with Gasteiger partial charge in [0.25, 0.3) is 0 Å². The highest BCUT2D eigenvalue weighted by molar-refractivity contribution is 5.36. The van der Waals surface area contributed by atoms with Crippen molar-refractivity contribution in [3.63, 3.8) is 0 Å². The van der Waals surface area contributed by atoms with Crippen LogP contribution in [-0.4, -0.2) is 12.6 Å². The first-order chi connectivity index (χ1) is 10.2. The summed E-state index contributed by atoms with van der Waals surface area (Å²) < 4.78 is 6.02. The molecule has 2 rings (SSSR count). The molecule has 118 valence electrons.